The molecule has 1 aromatic carbocycles. The standard InChI is InChI=1S/C19H17N5O2/c1-25-16-4-3-13(9-17(16)26-2)15-11-24-10-14(12-5-7-21-8-6-12)22-18(20)19(24)23-15/h3-11H,1-2H3,(H2,20,22). The molecule has 26 heavy (non-hydrogen) atoms. The number of rotatable bonds is 4. The van der Waals surface area contributed by atoms with E-state index < -0.39 is 0 Å². The van der Waals surface area contributed by atoms with Crippen molar-refractivity contribution in [2.24, 2.45) is 0 Å². The number of aromatic nitrogens is 4. The molecule has 0 spiro atoms. The predicted octanol–water partition coefficient (Wildman–Crippen LogP) is 3.06. The highest BCUT2D eigenvalue weighted by Gasteiger charge is 2.12. The minimum absolute atomic E-state index is 0.367. The van der Waals surface area contributed by atoms with E-state index in [-0.39, 0.29) is 0 Å². The first-order valence-electron chi connectivity index (χ1n) is 7.97. The molecule has 2 N–H and O–H groups in total. The smallest absolute Gasteiger partial charge is 0.180 e. The van der Waals surface area contributed by atoms with Gasteiger partial charge in [-0.3, -0.25) is 4.98 Å². The lowest BCUT2D eigenvalue weighted by atomic mass is 10.1. The lowest BCUT2D eigenvalue weighted by Crippen LogP contribution is -1.98. The average Bonchev–Trinajstić information content (AvgIpc) is 3.13. The Morgan fingerprint density at radius 1 is 0.846 bits per heavy atom. The summed E-state index contributed by atoms with van der Waals surface area (Å²) in [5.41, 5.74) is 10.1. The Balaban J connectivity index is 1.82. The molecule has 130 valence electrons. The average molecular weight is 347 g/mol. The Bertz CT molecular complexity index is 1080. The molecule has 0 fully saturated rings. The molecule has 0 aliphatic rings. The Morgan fingerprint density at radius 2 is 1.54 bits per heavy atom. The van der Waals surface area contributed by atoms with Crippen molar-refractivity contribution in [3.8, 4) is 34.0 Å². The van der Waals surface area contributed by atoms with Crippen LogP contribution in [-0.4, -0.2) is 33.6 Å². The van der Waals surface area contributed by atoms with Crippen molar-refractivity contribution in [1.29, 1.82) is 0 Å². The molecule has 3 heterocycles. The molecule has 4 rings (SSSR count). The predicted molar refractivity (Wildman–Crippen MR) is 99.2 cm³/mol. The minimum Gasteiger partial charge on any atom is -0.493 e. The van der Waals surface area contributed by atoms with E-state index in [9.17, 15) is 0 Å². The van der Waals surface area contributed by atoms with Gasteiger partial charge in [-0.15, -0.1) is 0 Å². The molecule has 0 saturated carbocycles. The van der Waals surface area contributed by atoms with Gasteiger partial charge in [-0.1, -0.05) is 0 Å². The summed E-state index contributed by atoms with van der Waals surface area (Å²) in [6.07, 6.45) is 7.26. The third-order valence-electron chi connectivity index (χ3n) is 4.12. The third kappa shape index (κ3) is 2.69. The van der Waals surface area contributed by atoms with Crippen LogP contribution in [0.25, 0.3) is 28.2 Å². The topological polar surface area (TPSA) is 87.6 Å². The number of anilines is 1. The molecular weight excluding hydrogens is 330 g/mol. The van der Waals surface area contributed by atoms with Crippen LogP contribution < -0.4 is 15.2 Å². The number of pyridine rings is 1. The molecule has 0 amide bonds. The second-order valence-electron chi connectivity index (χ2n) is 5.67. The lowest BCUT2D eigenvalue weighted by Gasteiger charge is -2.08. The first-order valence-corrected chi connectivity index (χ1v) is 7.97. The van der Waals surface area contributed by atoms with Gasteiger partial charge in [0.2, 0.25) is 0 Å². The maximum atomic E-state index is 6.13. The molecule has 7 heteroatoms. The molecule has 0 aliphatic heterocycles. The summed E-state index contributed by atoms with van der Waals surface area (Å²) in [5, 5.41) is 0. The van der Waals surface area contributed by atoms with Gasteiger partial charge in [-0.2, -0.15) is 0 Å². The third-order valence-corrected chi connectivity index (χ3v) is 4.12. The molecule has 3 aromatic heterocycles. The molecule has 0 atom stereocenters. The first kappa shape index (κ1) is 15.9. The van der Waals surface area contributed by atoms with Gasteiger partial charge in [0.1, 0.15) is 0 Å². The monoisotopic (exact) mass is 347 g/mol. The van der Waals surface area contributed by atoms with Crippen molar-refractivity contribution in [2.45, 2.75) is 0 Å². The summed E-state index contributed by atoms with van der Waals surface area (Å²) >= 11 is 0. The van der Waals surface area contributed by atoms with E-state index in [1.807, 2.05) is 47.1 Å². The maximum absolute atomic E-state index is 6.13. The van der Waals surface area contributed by atoms with E-state index in [0.717, 1.165) is 22.5 Å². The Morgan fingerprint density at radius 3 is 2.23 bits per heavy atom. The molecule has 0 radical (unpaired) electrons. The molecule has 0 bridgehead atoms. The van der Waals surface area contributed by atoms with Gasteiger partial charge in [0.05, 0.1) is 25.6 Å². The number of benzene rings is 1. The number of fused-ring (bicyclic) bond motifs is 1. The number of hydrogen-bond acceptors (Lipinski definition) is 6. The van der Waals surface area contributed by atoms with Crippen molar-refractivity contribution in [1.82, 2.24) is 19.4 Å². The van der Waals surface area contributed by atoms with Crippen LogP contribution in [-0.2, 0) is 0 Å². The highest BCUT2D eigenvalue weighted by molar-refractivity contribution is 5.72. The fraction of sp³-hybridized carbons (Fsp3) is 0.105. The lowest BCUT2D eigenvalue weighted by molar-refractivity contribution is 0.355. The van der Waals surface area contributed by atoms with E-state index in [1.165, 1.54) is 0 Å². The van der Waals surface area contributed by atoms with E-state index >= 15 is 0 Å². The van der Waals surface area contributed by atoms with Crippen LogP contribution in [0.4, 0.5) is 5.82 Å². The molecule has 0 unspecified atom stereocenters. The number of nitrogen functional groups attached to an aromatic ring is 1. The zero-order chi connectivity index (χ0) is 18.1. The van der Waals surface area contributed by atoms with Gasteiger partial charge >= 0.3 is 0 Å². The Hall–Kier alpha value is -3.61. The quantitative estimate of drug-likeness (QED) is 0.610. The fourth-order valence-corrected chi connectivity index (χ4v) is 2.82. The molecule has 4 aromatic rings. The number of nitrogens with two attached hydrogens (primary N) is 1. The van der Waals surface area contributed by atoms with Gasteiger partial charge in [0.15, 0.2) is 23.0 Å². The van der Waals surface area contributed by atoms with Crippen LogP contribution in [0.2, 0.25) is 0 Å². The van der Waals surface area contributed by atoms with Gasteiger partial charge in [0.25, 0.3) is 0 Å². The van der Waals surface area contributed by atoms with E-state index in [0.29, 0.717) is 23.0 Å². The van der Waals surface area contributed by atoms with Crippen LogP contribution >= 0.6 is 0 Å². The number of methoxy groups -OCH3 is 2. The number of imidazole rings is 1. The van der Waals surface area contributed by atoms with E-state index in [2.05, 4.69) is 15.0 Å². The number of nitrogens with zero attached hydrogens (tertiary/aromatic N) is 4. The maximum Gasteiger partial charge on any atom is 0.180 e. The largest absolute Gasteiger partial charge is 0.493 e. The van der Waals surface area contributed by atoms with Crippen molar-refractivity contribution >= 4 is 11.5 Å². The summed E-state index contributed by atoms with van der Waals surface area (Å²) < 4.78 is 12.5. The number of ether oxygens (including phenoxy) is 2. The first-order chi connectivity index (χ1) is 12.7. The second kappa shape index (κ2) is 6.36. The summed E-state index contributed by atoms with van der Waals surface area (Å²) in [7, 11) is 3.21. The highest BCUT2D eigenvalue weighted by Crippen LogP contribution is 2.32. The molecule has 0 aliphatic carbocycles. The van der Waals surface area contributed by atoms with Crippen LogP contribution in [0.3, 0.4) is 0 Å². The normalized spacial score (nSPS) is 10.8. The zero-order valence-corrected chi connectivity index (χ0v) is 14.4. The van der Waals surface area contributed by atoms with Crippen molar-refractivity contribution < 1.29 is 9.47 Å². The fourth-order valence-electron chi connectivity index (χ4n) is 2.82. The summed E-state index contributed by atoms with van der Waals surface area (Å²) in [6.45, 7) is 0. The van der Waals surface area contributed by atoms with Crippen molar-refractivity contribution in [3.63, 3.8) is 0 Å². The summed E-state index contributed by atoms with van der Waals surface area (Å²) in [4.78, 5) is 13.1. The van der Waals surface area contributed by atoms with Crippen LogP contribution in [0.1, 0.15) is 0 Å². The van der Waals surface area contributed by atoms with Crippen molar-refractivity contribution in [3.05, 3.63) is 55.1 Å². The van der Waals surface area contributed by atoms with Crippen LogP contribution in [0.5, 0.6) is 11.5 Å². The Kier molecular flexibility index (Phi) is 3.89. The van der Waals surface area contributed by atoms with Gasteiger partial charge in [0, 0.05) is 35.9 Å². The minimum atomic E-state index is 0.367. The van der Waals surface area contributed by atoms with E-state index in [4.69, 9.17) is 15.2 Å². The van der Waals surface area contributed by atoms with Gasteiger partial charge in [-0.05, 0) is 30.3 Å². The molecule has 0 saturated heterocycles. The van der Waals surface area contributed by atoms with Gasteiger partial charge in [-0.25, -0.2) is 9.97 Å². The van der Waals surface area contributed by atoms with Crippen LogP contribution in [0.15, 0.2) is 55.1 Å². The van der Waals surface area contributed by atoms with E-state index in [1.54, 1.807) is 26.6 Å². The SMILES string of the molecule is COc1ccc(-c2cn3cc(-c4ccncc4)nc(N)c3n2)cc1OC. The number of hydrogen-bond donors (Lipinski definition) is 1. The summed E-state index contributed by atoms with van der Waals surface area (Å²) in [6, 6.07) is 9.44. The zero-order valence-electron chi connectivity index (χ0n) is 14.4. The second-order valence-corrected chi connectivity index (χ2v) is 5.67. The van der Waals surface area contributed by atoms with Crippen molar-refractivity contribution in [2.75, 3.05) is 20.0 Å². The highest BCUT2D eigenvalue weighted by atomic mass is 16.5. The molecular formula is C19H17N5O2. The summed E-state index contributed by atoms with van der Waals surface area (Å²) in [5.74, 6) is 1.68. The van der Waals surface area contributed by atoms with Crippen LogP contribution in [0, 0.1) is 0 Å². The molecule has 7 nitrogen and oxygen atoms in total. The van der Waals surface area contributed by atoms with Gasteiger partial charge < -0.3 is 19.6 Å². The Labute approximate surface area is 150 Å².